The van der Waals surface area contributed by atoms with Gasteiger partial charge in [0.1, 0.15) is 0 Å². The zero-order valence-corrected chi connectivity index (χ0v) is 13.2. The molecule has 1 amide bonds. The minimum absolute atomic E-state index is 0.0368. The predicted molar refractivity (Wildman–Crippen MR) is 83.0 cm³/mol. The van der Waals surface area contributed by atoms with Crippen molar-refractivity contribution in [3.8, 4) is 0 Å². The molecule has 0 aliphatic carbocycles. The van der Waals surface area contributed by atoms with Gasteiger partial charge in [0.15, 0.2) is 0 Å². The van der Waals surface area contributed by atoms with Crippen LogP contribution < -0.4 is 0 Å². The van der Waals surface area contributed by atoms with E-state index >= 15 is 0 Å². The van der Waals surface area contributed by atoms with E-state index in [4.69, 9.17) is 0 Å². The first kappa shape index (κ1) is 16.3. The number of hydrogen-bond acceptors (Lipinski definition) is 2. The van der Waals surface area contributed by atoms with Crippen LogP contribution in [0.3, 0.4) is 0 Å². The molecule has 1 aliphatic rings. The molecule has 1 aliphatic heterocycles. The maximum absolute atomic E-state index is 11.5. The van der Waals surface area contributed by atoms with Crippen molar-refractivity contribution in [2.24, 2.45) is 5.92 Å². The van der Waals surface area contributed by atoms with E-state index in [1.54, 1.807) is 0 Å². The number of likely N-dealkylation sites (tertiary alicyclic amines) is 1. The third-order valence-corrected chi connectivity index (χ3v) is 4.33. The summed E-state index contributed by atoms with van der Waals surface area (Å²) in [6.45, 7) is 6.56. The molecular formula is C17H23NO4. The summed E-state index contributed by atoms with van der Waals surface area (Å²) in [6.07, 6.45) is -0.290. The molecule has 1 fully saturated rings. The Labute approximate surface area is 130 Å². The number of carboxylic acid groups (broad SMARTS) is 2. The monoisotopic (exact) mass is 305 g/mol. The van der Waals surface area contributed by atoms with Crippen molar-refractivity contribution in [1.82, 2.24) is 4.90 Å². The van der Waals surface area contributed by atoms with Crippen molar-refractivity contribution in [3.05, 3.63) is 35.4 Å². The average molecular weight is 305 g/mol. The van der Waals surface area contributed by atoms with Crippen LogP contribution >= 0.6 is 0 Å². The second-order valence-corrected chi connectivity index (χ2v) is 6.93. The summed E-state index contributed by atoms with van der Waals surface area (Å²) in [4.78, 5) is 24.1. The van der Waals surface area contributed by atoms with Crippen LogP contribution in [0.15, 0.2) is 24.3 Å². The second kappa shape index (κ2) is 5.99. The van der Waals surface area contributed by atoms with Crippen LogP contribution in [0.4, 0.5) is 4.79 Å². The van der Waals surface area contributed by atoms with Crippen LogP contribution in [0, 0.1) is 5.92 Å². The molecule has 0 spiro atoms. The molecule has 2 atom stereocenters. The Morgan fingerprint density at radius 1 is 1.23 bits per heavy atom. The van der Waals surface area contributed by atoms with Gasteiger partial charge in [-0.05, 0) is 29.4 Å². The Bertz CT molecular complexity index is 576. The fourth-order valence-electron chi connectivity index (χ4n) is 2.95. The van der Waals surface area contributed by atoms with Crippen LogP contribution in [-0.4, -0.2) is 33.7 Å². The van der Waals surface area contributed by atoms with Crippen LogP contribution in [0.5, 0.6) is 0 Å². The SMILES string of the molecule is CC(C)(C)c1cccc(C2CC(C(=O)O)CCN2C(=O)O)c1. The molecule has 5 nitrogen and oxygen atoms in total. The van der Waals surface area contributed by atoms with Gasteiger partial charge in [0.2, 0.25) is 0 Å². The number of nitrogens with zero attached hydrogens (tertiary/aromatic N) is 1. The third-order valence-electron chi connectivity index (χ3n) is 4.33. The molecule has 0 radical (unpaired) electrons. The van der Waals surface area contributed by atoms with Crippen molar-refractivity contribution in [1.29, 1.82) is 0 Å². The van der Waals surface area contributed by atoms with Gasteiger partial charge < -0.3 is 15.1 Å². The van der Waals surface area contributed by atoms with E-state index in [0.29, 0.717) is 12.8 Å². The van der Waals surface area contributed by atoms with Crippen LogP contribution in [0.1, 0.15) is 50.8 Å². The number of benzene rings is 1. The van der Waals surface area contributed by atoms with Gasteiger partial charge in [0, 0.05) is 6.54 Å². The molecule has 1 aromatic rings. The molecule has 1 heterocycles. The molecule has 0 aromatic heterocycles. The van der Waals surface area contributed by atoms with E-state index in [1.807, 2.05) is 24.3 Å². The van der Waals surface area contributed by atoms with E-state index in [9.17, 15) is 19.8 Å². The highest BCUT2D eigenvalue weighted by Crippen LogP contribution is 2.36. The lowest BCUT2D eigenvalue weighted by Crippen LogP contribution is -2.42. The maximum Gasteiger partial charge on any atom is 0.407 e. The lowest BCUT2D eigenvalue weighted by atomic mass is 9.82. The molecule has 1 aromatic carbocycles. The smallest absolute Gasteiger partial charge is 0.407 e. The minimum Gasteiger partial charge on any atom is -0.481 e. The molecular weight excluding hydrogens is 282 g/mol. The van der Waals surface area contributed by atoms with Crippen molar-refractivity contribution in [2.75, 3.05) is 6.54 Å². The van der Waals surface area contributed by atoms with Gasteiger partial charge in [-0.15, -0.1) is 0 Å². The summed E-state index contributed by atoms with van der Waals surface area (Å²) in [5, 5.41) is 18.6. The van der Waals surface area contributed by atoms with Gasteiger partial charge in [-0.1, -0.05) is 45.0 Å². The summed E-state index contributed by atoms with van der Waals surface area (Å²) >= 11 is 0. The zero-order chi connectivity index (χ0) is 16.5. The largest absolute Gasteiger partial charge is 0.481 e. The van der Waals surface area contributed by atoms with Gasteiger partial charge >= 0.3 is 12.1 Å². The van der Waals surface area contributed by atoms with Crippen molar-refractivity contribution < 1.29 is 19.8 Å². The molecule has 2 N–H and O–H groups in total. The number of aliphatic carboxylic acids is 1. The fourth-order valence-corrected chi connectivity index (χ4v) is 2.95. The highest BCUT2D eigenvalue weighted by atomic mass is 16.4. The first-order valence-electron chi connectivity index (χ1n) is 7.53. The third kappa shape index (κ3) is 3.40. The predicted octanol–water partition coefficient (Wildman–Crippen LogP) is 3.50. The number of rotatable bonds is 2. The Morgan fingerprint density at radius 2 is 1.91 bits per heavy atom. The fraction of sp³-hybridized carbons (Fsp3) is 0.529. The molecule has 1 saturated heterocycles. The first-order valence-corrected chi connectivity index (χ1v) is 7.53. The normalized spacial score (nSPS) is 22.4. The van der Waals surface area contributed by atoms with Crippen molar-refractivity contribution in [2.45, 2.75) is 45.1 Å². The van der Waals surface area contributed by atoms with Crippen molar-refractivity contribution >= 4 is 12.1 Å². The van der Waals surface area contributed by atoms with E-state index in [-0.39, 0.29) is 12.0 Å². The summed E-state index contributed by atoms with van der Waals surface area (Å²) in [6, 6.07) is 7.44. The molecule has 5 heteroatoms. The Hall–Kier alpha value is -2.04. The number of amides is 1. The maximum atomic E-state index is 11.5. The molecule has 2 unspecified atom stereocenters. The molecule has 120 valence electrons. The highest BCUT2D eigenvalue weighted by molar-refractivity contribution is 5.71. The van der Waals surface area contributed by atoms with Gasteiger partial charge in [-0.25, -0.2) is 4.79 Å². The minimum atomic E-state index is -0.991. The van der Waals surface area contributed by atoms with E-state index in [0.717, 1.165) is 11.1 Å². The second-order valence-electron chi connectivity index (χ2n) is 6.93. The van der Waals surface area contributed by atoms with Crippen molar-refractivity contribution in [3.63, 3.8) is 0 Å². The number of carboxylic acids is 1. The number of hydrogen-bond donors (Lipinski definition) is 2. The summed E-state index contributed by atoms with van der Waals surface area (Å²) in [5.41, 5.74) is 1.96. The Kier molecular flexibility index (Phi) is 4.44. The van der Waals surface area contributed by atoms with Gasteiger partial charge in [0.25, 0.3) is 0 Å². The van der Waals surface area contributed by atoms with E-state index in [1.165, 1.54) is 4.90 Å². The summed E-state index contributed by atoms with van der Waals surface area (Å²) in [7, 11) is 0. The number of carbonyl (C=O) groups is 2. The lowest BCUT2D eigenvalue weighted by Gasteiger charge is -2.37. The topological polar surface area (TPSA) is 77.8 Å². The quantitative estimate of drug-likeness (QED) is 0.876. The van der Waals surface area contributed by atoms with E-state index in [2.05, 4.69) is 20.8 Å². The van der Waals surface area contributed by atoms with Crippen LogP contribution in [0.25, 0.3) is 0 Å². The molecule has 22 heavy (non-hydrogen) atoms. The average Bonchev–Trinajstić information content (AvgIpc) is 2.45. The first-order chi connectivity index (χ1) is 10.2. The van der Waals surface area contributed by atoms with E-state index < -0.39 is 24.0 Å². The van der Waals surface area contributed by atoms with Crippen LogP contribution in [0.2, 0.25) is 0 Å². The van der Waals surface area contributed by atoms with Crippen LogP contribution in [-0.2, 0) is 10.2 Å². The van der Waals surface area contributed by atoms with Gasteiger partial charge in [-0.2, -0.15) is 0 Å². The summed E-state index contributed by atoms with van der Waals surface area (Å²) < 4.78 is 0. The highest BCUT2D eigenvalue weighted by Gasteiger charge is 2.35. The van der Waals surface area contributed by atoms with Gasteiger partial charge in [0.05, 0.1) is 12.0 Å². The summed E-state index contributed by atoms with van der Waals surface area (Å²) in [5.74, 6) is -1.33. The van der Waals surface area contributed by atoms with Gasteiger partial charge in [-0.3, -0.25) is 4.79 Å². The zero-order valence-electron chi connectivity index (χ0n) is 13.2. The Balaban J connectivity index is 2.36. The molecule has 2 rings (SSSR count). The standard InChI is InChI=1S/C17H23NO4/c1-17(2,3)13-6-4-5-11(9-13)14-10-12(15(19)20)7-8-18(14)16(21)22/h4-6,9,12,14H,7-8,10H2,1-3H3,(H,19,20)(H,21,22). The lowest BCUT2D eigenvalue weighted by molar-refractivity contribution is -0.144. The number of piperidine rings is 1. The molecule has 0 bridgehead atoms. The molecule has 0 saturated carbocycles. The Morgan fingerprint density at radius 3 is 2.45 bits per heavy atom.